The smallest absolute Gasteiger partial charge is 0.331 e. The van der Waals surface area contributed by atoms with Crippen molar-refractivity contribution < 1.29 is 15.3 Å². The van der Waals surface area contributed by atoms with Gasteiger partial charge in [-0.1, -0.05) is 0 Å². The van der Waals surface area contributed by atoms with Crippen LogP contribution in [0.1, 0.15) is 33.3 Å². The number of nitrogens with zero attached hydrogens (tertiary/aromatic N) is 2. The van der Waals surface area contributed by atoms with E-state index in [2.05, 4.69) is 9.98 Å². The number of H-pyrrole nitrogens is 1. The molecule has 0 bridgehead atoms. The molecule has 0 fully saturated rings. The molecule has 0 unspecified atom stereocenters. The van der Waals surface area contributed by atoms with E-state index in [4.69, 9.17) is 10.2 Å². The highest BCUT2D eigenvalue weighted by molar-refractivity contribution is 5.82. The van der Waals surface area contributed by atoms with Gasteiger partial charge in [0.2, 0.25) is 5.88 Å². The Morgan fingerprint density at radius 2 is 1.71 bits per heavy atom. The summed E-state index contributed by atoms with van der Waals surface area (Å²) in [6.45, 7) is 5.69. The Kier molecular flexibility index (Phi) is 4.75. The highest BCUT2D eigenvalue weighted by atomic mass is 16.3. The first-order chi connectivity index (χ1) is 9.55. The van der Waals surface area contributed by atoms with Gasteiger partial charge >= 0.3 is 5.69 Å². The Balaban J connectivity index is 3.50. The fourth-order valence-corrected chi connectivity index (χ4v) is 1.63. The largest absolute Gasteiger partial charge is 0.494 e. The van der Waals surface area contributed by atoms with Gasteiger partial charge in [-0.25, -0.2) is 4.79 Å². The first-order valence-electron chi connectivity index (χ1n) is 6.41. The molecule has 1 heterocycles. The Morgan fingerprint density at radius 3 is 2.14 bits per heavy atom. The molecule has 0 aromatic carbocycles. The summed E-state index contributed by atoms with van der Waals surface area (Å²) in [6.07, 6.45) is 1.04. The maximum atomic E-state index is 11.8. The van der Waals surface area contributed by atoms with Gasteiger partial charge in [0.05, 0.1) is 13.2 Å². The quantitative estimate of drug-likeness (QED) is 0.539. The zero-order valence-electron chi connectivity index (χ0n) is 12.5. The first kappa shape index (κ1) is 17.1. The van der Waals surface area contributed by atoms with Crippen LogP contribution in [0, 0.1) is 0 Å². The number of aliphatic hydroxyl groups is 2. The molecule has 0 saturated carbocycles. The summed E-state index contributed by atoms with van der Waals surface area (Å²) in [6, 6.07) is 0. The van der Waals surface area contributed by atoms with Gasteiger partial charge in [0, 0.05) is 11.8 Å². The van der Waals surface area contributed by atoms with Crippen molar-refractivity contribution in [2.24, 2.45) is 4.99 Å². The maximum absolute atomic E-state index is 11.8. The Morgan fingerprint density at radius 1 is 1.19 bits per heavy atom. The van der Waals surface area contributed by atoms with E-state index in [1.54, 1.807) is 20.8 Å². The second kappa shape index (κ2) is 5.82. The standard InChI is InChI=1S/C13H21N3O5/c1-12(2,3)16-10(20)8(9(19)15-11(16)21)5-14-13(4,6-17)7-18/h5,17-18,20H,6-7H2,1-4H3,(H,15,19,21). The summed E-state index contributed by atoms with van der Waals surface area (Å²) in [5.74, 6) is -0.516. The molecule has 0 aliphatic rings. The summed E-state index contributed by atoms with van der Waals surface area (Å²) < 4.78 is 1.03. The zero-order chi connectivity index (χ0) is 16.4. The molecule has 1 rings (SSSR count). The van der Waals surface area contributed by atoms with E-state index in [0.717, 1.165) is 10.8 Å². The van der Waals surface area contributed by atoms with E-state index >= 15 is 0 Å². The first-order valence-corrected chi connectivity index (χ1v) is 6.41. The van der Waals surface area contributed by atoms with Gasteiger partial charge in [-0.3, -0.25) is 19.3 Å². The normalized spacial score (nSPS) is 13.0. The van der Waals surface area contributed by atoms with Crippen LogP contribution in [-0.2, 0) is 5.54 Å². The van der Waals surface area contributed by atoms with Crippen LogP contribution < -0.4 is 11.2 Å². The fourth-order valence-electron chi connectivity index (χ4n) is 1.63. The zero-order valence-corrected chi connectivity index (χ0v) is 12.5. The van der Waals surface area contributed by atoms with Gasteiger partial charge in [0.15, 0.2) is 0 Å². The van der Waals surface area contributed by atoms with Crippen LogP contribution in [0.3, 0.4) is 0 Å². The van der Waals surface area contributed by atoms with Crippen LogP contribution in [0.15, 0.2) is 14.6 Å². The summed E-state index contributed by atoms with van der Waals surface area (Å²) in [4.78, 5) is 29.6. The fraction of sp³-hybridized carbons (Fsp3) is 0.615. The minimum absolute atomic E-state index is 0.211. The molecule has 0 amide bonds. The minimum atomic E-state index is -1.18. The SMILES string of the molecule is CC(CO)(CO)N=Cc1c(O)n(C(C)(C)C)c(=O)[nH]c1=O. The van der Waals surface area contributed by atoms with Crippen LogP contribution >= 0.6 is 0 Å². The van der Waals surface area contributed by atoms with E-state index in [0.29, 0.717) is 0 Å². The molecular formula is C13H21N3O5. The lowest BCUT2D eigenvalue weighted by Crippen LogP contribution is -2.40. The number of nitrogens with one attached hydrogen (secondary N) is 1. The molecule has 8 nitrogen and oxygen atoms in total. The predicted molar refractivity (Wildman–Crippen MR) is 78.2 cm³/mol. The highest BCUT2D eigenvalue weighted by Gasteiger charge is 2.24. The second-order valence-corrected chi connectivity index (χ2v) is 6.07. The van der Waals surface area contributed by atoms with E-state index < -0.39 is 41.4 Å². The van der Waals surface area contributed by atoms with Crippen LogP contribution in [-0.4, -0.2) is 49.8 Å². The molecule has 21 heavy (non-hydrogen) atoms. The van der Waals surface area contributed by atoms with Gasteiger partial charge < -0.3 is 15.3 Å². The number of aromatic hydroxyl groups is 1. The number of aliphatic hydroxyl groups excluding tert-OH is 2. The molecular weight excluding hydrogens is 278 g/mol. The number of hydrogen-bond donors (Lipinski definition) is 4. The van der Waals surface area contributed by atoms with Gasteiger partial charge in [-0.05, 0) is 27.7 Å². The van der Waals surface area contributed by atoms with Crippen molar-refractivity contribution in [3.05, 3.63) is 26.4 Å². The van der Waals surface area contributed by atoms with Crippen molar-refractivity contribution >= 4 is 6.21 Å². The van der Waals surface area contributed by atoms with E-state index in [1.165, 1.54) is 6.92 Å². The lowest BCUT2D eigenvalue weighted by Gasteiger charge is -2.24. The van der Waals surface area contributed by atoms with Gasteiger partial charge in [-0.15, -0.1) is 0 Å². The lowest BCUT2D eigenvalue weighted by molar-refractivity contribution is 0.136. The van der Waals surface area contributed by atoms with Crippen molar-refractivity contribution in [2.45, 2.75) is 38.8 Å². The average molecular weight is 299 g/mol. The maximum Gasteiger partial charge on any atom is 0.331 e. The number of rotatable bonds is 4. The highest BCUT2D eigenvalue weighted by Crippen LogP contribution is 2.19. The third-order valence-corrected chi connectivity index (χ3v) is 2.98. The number of aromatic nitrogens is 2. The molecule has 0 saturated heterocycles. The molecule has 0 aliphatic heterocycles. The minimum Gasteiger partial charge on any atom is -0.494 e. The number of aliphatic imine (C=N–C) groups is 1. The van der Waals surface area contributed by atoms with Gasteiger partial charge in [0.1, 0.15) is 11.1 Å². The summed E-state index contributed by atoms with van der Waals surface area (Å²) in [5.41, 5.74) is -3.65. The van der Waals surface area contributed by atoms with Crippen LogP contribution in [0.2, 0.25) is 0 Å². The predicted octanol–water partition coefficient (Wildman–Crippen LogP) is -0.841. The third-order valence-electron chi connectivity index (χ3n) is 2.98. The van der Waals surface area contributed by atoms with E-state index in [9.17, 15) is 14.7 Å². The summed E-state index contributed by atoms with van der Waals surface area (Å²) in [7, 11) is 0. The Labute approximate surface area is 121 Å². The van der Waals surface area contributed by atoms with Crippen molar-refractivity contribution in [1.82, 2.24) is 9.55 Å². The lowest BCUT2D eigenvalue weighted by atomic mass is 10.1. The van der Waals surface area contributed by atoms with Gasteiger partial charge in [0.25, 0.3) is 5.56 Å². The molecule has 8 heteroatoms. The van der Waals surface area contributed by atoms with Crippen molar-refractivity contribution in [3.8, 4) is 5.88 Å². The topological polar surface area (TPSA) is 128 Å². The Bertz CT molecular complexity index is 647. The van der Waals surface area contributed by atoms with Crippen LogP contribution in [0.25, 0.3) is 0 Å². The number of hydrogen-bond acceptors (Lipinski definition) is 6. The van der Waals surface area contributed by atoms with E-state index in [1.807, 2.05) is 0 Å². The Hall–Kier alpha value is -1.93. The molecule has 0 atom stereocenters. The van der Waals surface area contributed by atoms with Crippen molar-refractivity contribution in [1.29, 1.82) is 0 Å². The molecule has 0 aliphatic carbocycles. The summed E-state index contributed by atoms with van der Waals surface area (Å²) >= 11 is 0. The molecule has 118 valence electrons. The van der Waals surface area contributed by atoms with Crippen molar-refractivity contribution in [3.63, 3.8) is 0 Å². The summed E-state index contributed by atoms with van der Waals surface area (Å²) in [5, 5.41) is 28.5. The molecule has 0 radical (unpaired) electrons. The second-order valence-electron chi connectivity index (χ2n) is 6.07. The van der Waals surface area contributed by atoms with Gasteiger partial charge in [-0.2, -0.15) is 0 Å². The third kappa shape index (κ3) is 3.59. The van der Waals surface area contributed by atoms with Crippen molar-refractivity contribution in [2.75, 3.05) is 13.2 Å². The molecule has 1 aromatic heterocycles. The molecule has 4 N–H and O–H groups in total. The van der Waals surface area contributed by atoms with Crippen LogP contribution in [0.5, 0.6) is 5.88 Å². The molecule has 1 aromatic rings. The number of aromatic amines is 1. The average Bonchev–Trinajstić information content (AvgIpc) is 2.35. The van der Waals surface area contributed by atoms with Crippen LogP contribution in [0.4, 0.5) is 0 Å². The van der Waals surface area contributed by atoms with E-state index in [-0.39, 0.29) is 5.56 Å². The molecule has 0 spiro atoms. The monoisotopic (exact) mass is 299 g/mol.